The fourth-order valence-corrected chi connectivity index (χ4v) is 2.53. The first kappa shape index (κ1) is 14.0. The molecular formula is C14H13ClF2N4. The molecule has 0 bridgehead atoms. The highest BCUT2D eigenvalue weighted by Gasteiger charge is 2.17. The van der Waals surface area contributed by atoms with E-state index in [9.17, 15) is 8.78 Å². The molecule has 2 aromatic heterocycles. The lowest BCUT2D eigenvalue weighted by Gasteiger charge is -2.09. The molecule has 0 saturated heterocycles. The largest absolute Gasteiger partial charge is 0.324 e. The van der Waals surface area contributed by atoms with Gasteiger partial charge in [0.05, 0.1) is 12.1 Å². The summed E-state index contributed by atoms with van der Waals surface area (Å²) in [5, 5.41) is 4.10. The zero-order valence-corrected chi connectivity index (χ0v) is 11.9. The van der Waals surface area contributed by atoms with Crippen molar-refractivity contribution in [3.05, 3.63) is 48.1 Å². The fraction of sp³-hybridized carbons (Fsp3) is 0.286. The van der Waals surface area contributed by atoms with E-state index in [0.717, 1.165) is 6.07 Å². The SMILES string of the molecule is Fc1ccc2nc(CCCl)n(CCn3cccn3)c2c1F. The summed E-state index contributed by atoms with van der Waals surface area (Å²) in [4.78, 5) is 4.35. The average Bonchev–Trinajstić information content (AvgIpc) is 3.09. The highest BCUT2D eigenvalue weighted by atomic mass is 35.5. The number of hydrogen-bond acceptors (Lipinski definition) is 2. The number of nitrogens with zero attached hydrogens (tertiary/aromatic N) is 4. The van der Waals surface area contributed by atoms with E-state index in [1.807, 2.05) is 12.3 Å². The van der Waals surface area contributed by atoms with Crippen molar-refractivity contribution in [3.63, 3.8) is 0 Å². The van der Waals surface area contributed by atoms with Gasteiger partial charge in [-0.05, 0) is 18.2 Å². The molecule has 21 heavy (non-hydrogen) atoms. The van der Waals surface area contributed by atoms with E-state index in [1.54, 1.807) is 15.4 Å². The Morgan fingerprint density at radius 2 is 2.05 bits per heavy atom. The monoisotopic (exact) mass is 310 g/mol. The third-order valence-corrected chi connectivity index (χ3v) is 3.50. The van der Waals surface area contributed by atoms with Gasteiger partial charge >= 0.3 is 0 Å². The third kappa shape index (κ3) is 2.63. The minimum Gasteiger partial charge on any atom is -0.324 e. The van der Waals surface area contributed by atoms with Crippen LogP contribution in [0, 0.1) is 11.6 Å². The van der Waals surface area contributed by atoms with Gasteiger partial charge in [0, 0.05) is 31.2 Å². The number of imidazole rings is 1. The van der Waals surface area contributed by atoms with Crippen molar-refractivity contribution < 1.29 is 8.78 Å². The molecule has 0 aliphatic rings. The van der Waals surface area contributed by atoms with Gasteiger partial charge in [0.15, 0.2) is 11.6 Å². The number of alkyl halides is 1. The third-order valence-electron chi connectivity index (χ3n) is 3.31. The summed E-state index contributed by atoms with van der Waals surface area (Å²) in [7, 11) is 0. The molecule has 0 saturated carbocycles. The Morgan fingerprint density at radius 1 is 1.19 bits per heavy atom. The highest BCUT2D eigenvalue weighted by Crippen LogP contribution is 2.22. The number of aryl methyl sites for hydroxylation is 3. The molecule has 110 valence electrons. The van der Waals surface area contributed by atoms with Crippen LogP contribution in [-0.2, 0) is 19.5 Å². The summed E-state index contributed by atoms with van der Waals surface area (Å²) >= 11 is 5.77. The van der Waals surface area contributed by atoms with E-state index in [2.05, 4.69) is 10.1 Å². The second kappa shape index (κ2) is 5.81. The summed E-state index contributed by atoms with van der Waals surface area (Å²) in [5.74, 6) is -0.729. The van der Waals surface area contributed by atoms with E-state index in [4.69, 9.17) is 11.6 Å². The van der Waals surface area contributed by atoms with Gasteiger partial charge in [0.25, 0.3) is 0 Å². The van der Waals surface area contributed by atoms with Crippen molar-refractivity contribution in [2.75, 3.05) is 5.88 Å². The van der Waals surface area contributed by atoms with E-state index in [0.29, 0.717) is 36.7 Å². The second-order valence-corrected chi connectivity index (χ2v) is 4.99. The molecular weight excluding hydrogens is 298 g/mol. The van der Waals surface area contributed by atoms with Crippen LogP contribution in [0.1, 0.15) is 5.82 Å². The first-order valence-corrected chi connectivity index (χ1v) is 7.10. The number of benzene rings is 1. The quantitative estimate of drug-likeness (QED) is 0.679. The maximum Gasteiger partial charge on any atom is 0.184 e. The number of fused-ring (bicyclic) bond motifs is 1. The van der Waals surface area contributed by atoms with Crippen LogP contribution in [0.2, 0.25) is 0 Å². The van der Waals surface area contributed by atoms with Crippen LogP contribution in [0.5, 0.6) is 0 Å². The molecule has 3 aromatic rings. The van der Waals surface area contributed by atoms with Gasteiger partial charge in [-0.1, -0.05) is 0 Å². The smallest absolute Gasteiger partial charge is 0.184 e. The molecule has 0 spiro atoms. The highest BCUT2D eigenvalue weighted by molar-refractivity contribution is 6.17. The summed E-state index contributed by atoms with van der Waals surface area (Å²) in [6.07, 6.45) is 3.99. The summed E-state index contributed by atoms with van der Waals surface area (Å²) in [6.45, 7) is 0.995. The maximum atomic E-state index is 14.1. The number of hydrogen-bond donors (Lipinski definition) is 0. The molecule has 0 aliphatic heterocycles. The summed E-state index contributed by atoms with van der Waals surface area (Å²) in [5.41, 5.74) is 0.622. The summed E-state index contributed by atoms with van der Waals surface area (Å²) in [6, 6.07) is 4.38. The number of aromatic nitrogens is 4. The lowest BCUT2D eigenvalue weighted by molar-refractivity contribution is 0.498. The van der Waals surface area contributed by atoms with E-state index >= 15 is 0 Å². The molecule has 0 atom stereocenters. The molecule has 4 nitrogen and oxygen atoms in total. The first-order chi connectivity index (χ1) is 10.2. The zero-order valence-electron chi connectivity index (χ0n) is 11.1. The minimum absolute atomic E-state index is 0.183. The van der Waals surface area contributed by atoms with Gasteiger partial charge in [-0.2, -0.15) is 5.10 Å². The molecule has 0 N–H and O–H groups in total. The number of rotatable bonds is 5. The topological polar surface area (TPSA) is 35.6 Å². The molecule has 0 radical (unpaired) electrons. The fourth-order valence-electron chi connectivity index (χ4n) is 2.36. The van der Waals surface area contributed by atoms with Crippen LogP contribution in [0.4, 0.5) is 8.78 Å². The Hall–Kier alpha value is -1.95. The normalized spacial score (nSPS) is 11.4. The Balaban J connectivity index is 2.04. The van der Waals surface area contributed by atoms with Crippen LogP contribution in [-0.4, -0.2) is 25.2 Å². The van der Waals surface area contributed by atoms with Gasteiger partial charge in [-0.3, -0.25) is 4.68 Å². The first-order valence-electron chi connectivity index (χ1n) is 6.57. The van der Waals surface area contributed by atoms with Crippen LogP contribution in [0.3, 0.4) is 0 Å². The average molecular weight is 311 g/mol. The molecule has 0 aliphatic carbocycles. The predicted molar refractivity (Wildman–Crippen MR) is 76.3 cm³/mol. The molecule has 7 heteroatoms. The van der Waals surface area contributed by atoms with Gasteiger partial charge in [-0.25, -0.2) is 13.8 Å². The van der Waals surface area contributed by atoms with E-state index < -0.39 is 11.6 Å². The predicted octanol–water partition coefficient (Wildman–Crippen LogP) is 2.99. The van der Waals surface area contributed by atoms with Crippen molar-refractivity contribution in [2.24, 2.45) is 0 Å². The van der Waals surface area contributed by atoms with Crippen LogP contribution in [0.25, 0.3) is 11.0 Å². The lowest BCUT2D eigenvalue weighted by Crippen LogP contribution is -2.12. The van der Waals surface area contributed by atoms with Crippen molar-refractivity contribution in [1.29, 1.82) is 0 Å². The number of halogens is 3. The molecule has 0 fully saturated rings. The van der Waals surface area contributed by atoms with Gasteiger partial charge in [0.2, 0.25) is 0 Å². The molecule has 3 rings (SSSR count). The van der Waals surface area contributed by atoms with Gasteiger partial charge in [-0.15, -0.1) is 11.6 Å². The Labute approximate surface area is 125 Å². The summed E-state index contributed by atoms with van der Waals surface area (Å²) < 4.78 is 31.0. The van der Waals surface area contributed by atoms with E-state index in [1.165, 1.54) is 6.07 Å². The lowest BCUT2D eigenvalue weighted by atomic mass is 10.3. The van der Waals surface area contributed by atoms with Gasteiger partial charge in [0.1, 0.15) is 11.3 Å². The molecule has 0 unspecified atom stereocenters. The van der Waals surface area contributed by atoms with Crippen molar-refractivity contribution in [1.82, 2.24) is 19.3 Å². The van der Waals surface area contributed by atoms with Crippen molar-refractivity contribution in [2.45, 2.75) is 19.5 Å². The zero-order chi connectivity index (χ0) is 14.8. The van der Waals surface area contributed by atoms with Crippen LogP contribution < -0.4 is 0 Å². The molecule has 2 heterocycles. The Bertz CT molecular complexity index is 752. The molecule has 1 aromatic carbocycles. The maximum absolute atomic E-state index is 14.1. The Kier molecular flexibility index (Phi) is 3.88. The van der Waals surface area contributed by atoms with Gasteiger partial charge < -0.3 is 4.57 Å². The standard InChI is InChI=1S/C14H13ClF2N4/c15-5-4-12-19-11-3-2-10(16)13(17)14(11)21(12)9-8-20-7-1-6-18-20/h1-3,6-7H,4-5,8-9H2. The second-order valence-electron chi connectivity index (χ2n) is 4.62. The molecule has 0 amide bonds. The van der Waals surface area contributed by atoms with Crippen LogP contribution in [0.15, 0.2) is 30.6 Å². The van der Waals surface area contributed by atoms with Crippen molar-refractivity contribution >= 4 is 22.6 Å². The minimum atomic E-state index is -0.875. The van der Waals surface area contributed by atoms with Crippen LogP contribution >= 0.6 is 11.6 Å². The van der Waals surface area contributed by atoms with Crippen molar-refractivity contribution in [3.8, 4) is 0 Å². The van der Waals surface area contributed by atoms with E-state index in [-0.39, 0.29) is 5.52 Å². The Morgan fingerprint density at radius 3 is 2.76 bits per heavy atom.